The molecule has 0 radical (unpaired) electrons. The number of alkyl halides is 3. The van der Waals surface area contributed by atoms with Gasteiger partial charge in [-0.15, -0.1) is 0 Å². The highest BCUT2D eigenvalue weighted by molar-refractivity contribution is 7.99. The summed E-state index contributed by atoms with van der Waals surface area (Å²) in [5, 5.41) is 0.136. The Kier molecular flexibility index (Phi) is 4.73. The molecule has 3 rings (SSSR count). The lowest BCUT2D eigenvalue weighted by Gasteiger charge is -2.17. The number of halogens is 3. The number of hydrogen-bond donors (Lipinski definition) is 1. The zero-order valence-corrected chi connectivity index (χ0v) is 14.0. The van der Waals surface area contributed by atoms with Crippen LogP contribution < -0.4 is 11.3 Å². The number of benzene rings is 2. The summed E-state index contributed by atoms with van der Waals surface area (Å²) >= 11 is 0.808. The summed E-state index contributed by atoms with van der Waals surface area (Å²) in [7, 11) is 0. The molecule has 0 aliphatic carbocycles. The first kappa shape index (κ1) is 18.0. The van der Waals surface area contributed by atoms with Crippen molar-refractivity contribution in [3.8, 4) is 5.69 Å². The maximum Gasteiger partial charge on any atom is 0.418 e. The third kappa shape index (κ3) is 3.43. The number of fused-ring (bicyclic) bond motifs is 1. The number of nitrogens with two attached hydrogens (primary N) is 1. The van der Waals surface area contributed by atoms with Crippen molar-refractivity contribution in [1.82, 2.24) is 9.55 Å². The molecule has 0 spiro atoms. The van der Waals surface area contributed by atoms with Gasteiger partial charge in [-0.25, -0.2) is 4.98 Å². The summed E-state index contributed by atoms with van der Waals surface area (Å²) in [5.41, 5.74) is 3.47. The minimum atomic E-state index is -4.66. The maximum atomic E-state index is 13.4. The fraction of sp³-hybridized carbons (Fsp3) is 0.118. The van der Waals surface area contributed by atoms with Crippen molar-refractivity contribution in [1.29, 1.82) is 0 Å². The first-order chi connectivity index (χ1) is 12.3. The number of thioether (sulfide) groups is 1. The highest BCUT2D eigenvalue weighted by atomic mass is 32.2. The van der Waals surface area contributed by atoms with Crippen molar-refractivity contribution in [2.75, 3.05) is 5.75 Å². The molecule has 134 valence electrons. The summed E-state index contributed by atoms with van der Waals surface area (Å²) in [4.78, 5) is 28.3. The fourth-order valence-electron chi connectivity index (χ4n) is 2.47. The standard InChI is InChI=1S/C17H12F3N3O2S/c18-17(19,20)11-6-2-4-8-13(11)23-15(25)10-5-1-3-7-12(10)22-16(23)26-9-14(21)24/h1-8H,9H2,(H2,21,24). The van der Waals surface area contributed by atoms with Crippen LogP contribution in [-0.2, 0) is 11.0 Å². The van der Waals surface area contributed by atoms with Gasteiger partial charge in [-0.3, -0.25) is 14.2 Å². The molecule has 0 fully saturated rings. The number of rotatable bonds is 4. The van der Waals surface area contributed by atoms with E-state index in [-0.39, 0.29) is 22.0 Å². The largest absolute Gasteiger partial charge is 0.418 e. The Balaban J connectivity index is 2.34. The van der Waals surface area contributed by atoms with Crippen LogP contribution in [0.2, 0.25) is 0 Å². The van der Waals surface area contributed by atoms with Crippen LogP contribution >= 0.6 is 11.8 Å². The molecular formula is C17H12F3N3O2S. The van der Waals surface area contributed by atoms with Crippen molar-refractivity contribution in [3.05, 3.63) is 64.4 Å². The molecule has 0 aliphatic heterocycles. The Morgan fingerprint density at radius 3 is 2.46 bits per heavy atom. The Labute approximate surface area is 149 Å². The lowest BCUT2D eigenvalue weighted by Crippen LogP contribution is -2.25. The second kappa shape index (κ2) is 6.83. The number of carbonyl (C=O) groups is 1. The molecule has 0 unspecified atom stereocenters. The smallest absolute Gasteiger partial charge is 0.369 e. The van der Waals surface area contributed by atoms with Gasteiger partial charge in [0, 0.05) is 0 Å². The predicted octanol–water partition coefficient (Wildman–Crippen LogP) is 2.98. The average Bonchev–Trinajstić information content (AvgIpc) is 2.59. The van der Waals surface area contributed by atoms with E-state index >= 15 is 0 Å². The van der Waals surface area contributed by atoms with Crippen molar-refractivity contribution in [2.45, 2.75) is 11.3 Å². The molecule has 1 heterocycles. The van der Waals surface area contributed by atoms with Gasteiger partial charge in [-0.1, -0.05) is 36.0 Å². The molecule has 9 heteroatoms. The number of hydrogen-bond acceptors (Lipinski definition) is 4. The number of amides is 1. The van der Waals surface area contributed by atoms with E-state index in [1.54, 1.807) is 18.2 Å². The van der Waals surface area contributed by atoms with Gasteiger partial charge in [0.05, 0.1) is 27.9 Å². The van der Waals surface area contributed by atoms with Gasteiger partial charge < -0.3 is 5.73 Å². The molecule has 0 saturated carbocycles. The van der Waals surface area contributed by atoms with Crippen molar-refractivity contribution in [2.24, 2.45) is 5.73 Å². The van der Waals surface area contributed by atoms with Gasteiger partial charge in [-0.05, 0) is 24.3 Å². The van der Waals surface area contributed by atoms with Gasteiger partial charge in [-0.2, -0.15) is 13.2 Å². The number of aromatic nitrogens is 2. The first-order valence-electron chi connectivity index (χ1n) is 7.38. The molecule has 0 atom stereocenters. The quantitative estimate of drug-likeness (QED) is 0.558. The number of nitrogens with zero attached hydrogens (tertiary/aromatic N) is 2. The third-order valence-corrected chi connectivity index (χ3v) is 4.50. The lowest BCUT2D eigenvalue weighted by molar-refractivity contribution is -0.137. The molecule has 2 aromatic carbocycles. The molecule has 0 aliphatic rings. The third-order valence-electron chi connectivity index (χ3n) is 3.54. The van der Waals surface area contributed by atoms with Crippen LogP contribution in [0.15, 0.2) is 58.5 Å². The molecule has 0 saturated heterocycles. The van der Waals surface area contributed by atoms with E-state index in [1.165, 1.54) is 24.3 Å². The van der Waals surface area contributed by atoms with Crippen LogP contribution in [0.3, 0.4) is 0 Å². The van der Waals surface area contributed by atoms with Gasteiger partial charge in [0.1, 0.15) is 0 Å². The summed E-state index contributed by atoms with van der Waals surface area (Å²) in [6.07, 6.45) is -4.66. The molecule has 26 heavy (non-hydrogen) atoms. The Morgan fingerprint density at radius 2 is 1.77 bits per heavy atom. The molecule has 5 nitrogen and oxygen atoms in total. The van der Waals surface area contributed by atoms with Gasteiger partial charge in [0.15, 0.2) is 5.16 Å². The number of carbonyl (C=O) groups excluding carboxylic acids is 1. The van der Waals surface area contributed by atoms with Crippen molar-refractivity contribution >= 4 is 28.6 Å². The SMILES string of the molecule is NC(=O)CSc1nc2ccccc2c(=O)n1-c1ccccc1C(F)(F)F. The molecule has 0 bridgehead atoms. The van der Waals surface area contributed by atoms with Crippen LogP contribution in [0.25, 0.3) is 16.6 Å². The first-order valence-corrected chi connectivity index (χ1v) is 8.37. The van der Waals surface area contributed by atoms with E-state index in [2.05, 4.69) is 4.98 Å². The van der Waals surface area contributed by atoms with Gasteiger partial charge >= 0.3 is 6.18 Å². The average molecular weight is 379 g/mol. The van der Waals surface area contributed by atoms with E-state index in [0.717, 1.165) is 22.4 Å². The van der Waals surface area contributed by atoms with Crippen LogP contribution in [0.4, 0.5) is 13.2 Å². The van der Waals surface area contributed by atoms with E-state index in [4.69, 9.17) is 5.73 Å². The van der Waals surface area contributed by atoms with E-state index in [1.807, 2.05) is 0 Å². The second-order valence-corrected chi connectivity index (χ2v) is 6.26. The zero-order valence-electron chi connectivity index (χ0n) is 13.2. The fourth-order valence-corrected chi connectivity index (χ4v) is 3.21. The zero-order chi connectivity index (χ0) is 18.9. The highest BCUT2D eigenvalue weighted by Crippen LogP contribution is 2.34. The van der Waals surface area contributed by atoms with E-state index in [9.17, 15) is 22.8 Å². The van der Waals surface area contributed by atoms with Crippen LogP contribution in [0, 0.1) is 0 Å². The summed E-state index contributed by atoms with van der Waals surface area (Å²) in [5.74, 6) is -0.896. The normalized spacial score (nSPS) is 11.7. The van der Waals surface area contributed by atoms with Crippen molar-refractivity contribution < 1.29 is 18.0 Å². The minimum Gasteiger partial charge on any atom is -0.369 e. The van der Waals surface area contributed by atoms with Gasteiger partial charge in [0.2, 0.25) is 5.91 Å². The topological polar surface area (TPSA) is 78.0 Å². The molecule has 1 amide bonds. The Hall–Kier alpha value is -2.81. The highest BCUT2D eigenvalue weighted by Gasteiger charge is 2.34. The minimum absolute atomic E-state index is 0.0378. The van der Waals surface area contributed by atoms with Gasteiger partial charge in [0.25, 0.3) is 5.56 Å². The van der Waals surface area contributed by atoms with Crippen LogP contribution in [0.1, 0.15) is 5.56 Å². The Morgan fingerprint density at radius 1 is 1.12 bits per heavy atom. The molecule has 1 aromatic heterocycles. The summed E-state index contributed by atoms with van der Waals surface area (Å²) < 4.78 is 41.1. The second-order valence-electron chi connectivity index (χ2n) is 5.32. The lowest BCUT2D eigenvalue weighted by atomic mass is 10.1. The number of para-hydroxylation sites is 2. The predicted molar refractivity (Wildman–Crippen MR) is 92.3 cm³/mol. The van der Waals surface area contributed by atoms with E-state index < -0.39 is 23.2 Å². The van der Waals surface area contributed by atoms with Crippen molar-refractivity contribution in [3.63, 3.8) is 0 Å². The summed E-state index contributed by atoms with van der Waals surface area (Å²) in [6.45, 7) is 0. The monoisotopic (exact) mass is 379 g/mol. The summed E-state index contributed by atoms with van der Waals surface area (Å²) in [6, 6.07) is 11.0. The van der Waals surface area contributed by atoms with E-state index in [0.29, 0.717) is 5.52 Å². The molecule has 3 aromatic rings. The molecule has 2 N–H and O–H groups in total. The Bertz CT molecular complexity index is 1050. The van der Waals surface area contributed by atoms with Crippen LogP contribution in [0.5, 0.6) is 0 Å². The molecular weight excluding hydrogens is 367 g/mol. The van der Waals surface area contributed by atoms with Crippen LogP contribution in [-0.4, -0.2) is 21.2 Å². The number of primary amides is 1. The maximum absolute atomic E-state index is 13.4.